The highest BCUT2D eigenvalue weighted by molar-refractivity contribution is 7.16. The van der Waals surface area contributed by atoms with E-state index in [2.05, 4.69) is 63.6 Å². The highest BCUT2D eigenvalue weighted by atomic mass is 32.1. The third kappa shape index (κ3) is 4.23. The van der Waals surface area contributed by atoms with Gasteiger partial charge in [-0.2, -0.15) is 9.61 Å². The van der Waals surface area contributed by atoms with E-state index in [1.165, 1.54) is 42.4 Å². The minimum atomic E-state index is 0.826. The van der Waals surface area contributed by atoms with Crippen molar-refractivity contribution < 1.29 is 0 Å². The fourth-order valence-corrected chi connectivity index (χ4v) is 4.87. The molecule has 3 heterocycles. The molecule has 5 rings (SSSR count). The zero-order chi connectivity index (χ0) is 19.5. The van der Waals surface area contributed by atoms with Crippen LogP contribution in [-0.2, 0) is 13.0 Å². The first kappa shape index (κ1) is 18.5. The largest absolute Gasteiger partial charge is 0.296 e. The van der Waals surface area contributed by atoms with Gasteiger partial charge in [0, 0.05) is 6.42 Å². The number of nitrogens with zero attached hydrogens (tertiary/aromatic N) is 5. The van der Waals surface area contributed by atoms with Crippen molar-refractivity contribution in [3.63, 3.8) is 0 Å². The standard InChI is InChI=1S/C23H25N5S/c1-2-7-15-27(14-6-1)17-21-24-25-23-28(21)26-22(29-23)16-18-10-12-20(13-11-18)19-8-4-3-5-9-19/h3-5,8-13H,1-2,6-7,14-17H2. The molecule has 6 heteroatoms. The highest BCUT2D eigenvalue weighted by Crippen LogP contribution is 2.22. The normalized spacial score (nSPS) is 15.6. The first-order valence-corrected chi connectivity index (χ1v) is 11.2. The number of hydrogen-bond acceptors (Lipinski definition) is 5. The van der Waals surface area contributed by atoms with Gasteiger partial charge in [-0.1, -0.05) is 78.8 Å². The lowest BCUT2D eigenvalue weighted by Crippen LogP contribution is -2.25. The van der Waals surface area contributed by atoms with E-state index in [1.807, 2.05) is 10.6 Å². The van der Waals surface area contributed by atoms with Gasteiger partial charge in [-0.3, -0.25) is 4.90 Å². The quantitative estimate of drug-likeness (QED) is 0.479. The Morgan fingerprint density at radius 3 is 2.28 bits per heavy atom. The summed E-state index contributed by atoms with van der Waals surface area (Å²) in [4.78, 5) is 3.39. The molecule has 1 aliphatic rings. The Morgan fingerprint density at radius 2 is 1.52 bits per heavy atom. The number of hydrogen-bond donors (Lipinski definition) is 0. The number of rotatable bonds is 5. The Labute approximate surface area is 175 Å². The molecule has 148 valence electrons. The van der Waals surface area contributed by atoms with Gasteiger partial charge in [0.2, 0.25) is 4.96 Å². The number of likely N-dealkylation sites (tertiary alicyclic amines) is 1. The van der Waals surface area contributed by atoms with E-state index in [-0.39, 0.29) is 0 Å². The van der Waals surface area contributed by atoms with Crippen LogP contribution in [0.25, 0.3) is 16.1 Å². The molecule has 2 aromatic carbocycles. The molecule has 0 amide bonds. The Hall–Kier alpha value is -2.57. The number of aromatic nitrogens is 4. The first-order chi connectivity index (χ1) is 14.3. The maximum absolute atomic E-state index is 4.82. The molecule has 1 fully saturated rings. The van der Waals surface area contributed by atoms with Crippen LogP contribution in [0.2, 0.25) is 0 Å². The van der Waals surface area contributed by atoms with E-state index < -0.39 is 0 Å². The maximum atomic E-state index is 4.82. The molecule has 0 radical (unpaired) electrons. The first-order valence-electron chi connectivity index (χ1n) is 10.4. The van der Waals surface area contributed by atoms with Crippen LogP contribution < -0.4 is 0 Å². The molecule has 0 saturated carbocycles. The van der Waals surface area contributed by atoms with Gasteiger partial charge in [0.05, 0.1) is 6.54 Å². The molecular weight excluding hydrogens is 378 g/mol. The summed E-state index contributed by atoms with van der Waals surface area (Å²) in [5, 5.41) is 14.7. The van der Waals surface area contributed by atoms with Gasteiger partial charge in [0.25, 0.3) is 0 Å². The Bertz CT molecular complexity index is 1060. The molecule has 0 atom stereocenters. The molecule has 1 aliphatic heterocycles. The van der Waals surface area contributed by atoms with Crippen molar-refractivity contribution in [1.29, 1.82) is 0 Å². The monoisotopic (exact) mass is 403 g/mol. The third-order valence-corrected chi connectivity index (χ3v) is 6.48. The molecule has 29 heavy (non-hydrogen) atoms. The zero-order valence-electron chi connectivity index (χ0n) is 16.5. The van der Waals surface area contributed by atoms with Gasteiger partial charge in [-0.15, -0.1) is 10.2 Å². The van der Waals surface area contributed by atoms with E-state index in [4.69, 9.17) is 5.10 Å². The predicted molar refractivity (Wildman–Crippen MR) is 117 cm³/mol. The van der Waals surface area contributed by atoms with Crippen LogP contribution in [0.4, 0.5) is 0 Å². The Morgan fingerprint density at radius 1 is 0.793 bits per heavy atom. The molecular formula is C23H25N5S. The predicted octanol–water partition coefficient (Wildman–Crippen LogP) is 4.82. The lowest BCUT2D eigenvalue weighted by molar-refractivity contribution is 0.268. The highest BCUT2D eigenvalue weighted by Gasteiger charge is 2.16. The molecule has 5 nitrogen and oxygen atoms in total. The Balaban J connectivity index is 1.30. The summed E-state index contributed by atoms with van der Waals surface area (Å²) in [6.45, 7) is 3.15. The van der Waals surface area contributed by atoms with Crippen LogP contribution in [0.1, 0.15) is 42.1 Å². The van der Waals surface area contributed by atoms with Crippen molar-refractivity contribution in [3.8, 4) is 11.1 Å². The third-order valence-electron chi connectivity index (χ3n) is 5.58. The van der Waals surface area contributed by atoms with Gasteiger partial charge in [0.1, 0.15) is 5.01 Å². The van der Waals surface area contributed by atoms with Crippen LogP contribution in [0, 0.1) is 0 Å². The van der Waals surface area contributed by atoms with E-state index in [0.717, 1.165) is 41.8 Å². The minimum Gasteiger partial charge on any atom is -0.296 e. The van der Waals surface area contributed by atoms with Gasteiger partial charge in [0.15, 0.2) is 5.82 Å². The second kappa shape index (κ2) is 8.43. The summed E-state index contributed by atoms with van der Waals surface area (Å²) >= 11 is 1.64. The van der Waals surface area contributed by atoms with Crippen LogP contribution >= 0.6 is 11.3 Å². The SMILES string of the molecule is c1ccc(-c2ccc(Cc3nn4c(CN5CCCCCC5)nnc4s3)cc2)cc1. The summed E-state index contributed by atoms with van der Waals surface area (Å²) in [6.07, 6.45) is 6.07. The summed E-state index contributed by atoms with van der Waals surface area (Å²) < 4.78 is 1.95. The molecule has 0 unspecified atom stereocenters. The number of fused-ring (bicyclic) bond motifs is 1. The van der Waals surface area contributed by atoms with Crippen LogP contribution in [0.15, 0.2) is 54.6 Å². The van der Waals surface area contributed by atoms with Crippen molar-refractivity contribution in [3.05, 3.63) is 71.0 Å². The molecule has 2 aromatic heterocycles. The van der Waals surface area contributed by atoms with E-state index in [0.29, 0.717) is 0 Å². The van der Waals surface area contributed by atoms with E-state index >= 15 is 0 Å². The lowest BCUT2D eigenvalue weighted by atomic mass is 10.0. The van der Waals surface area contributed by atoms with E-state index in [1.54, 1.807) is 11.3 Å². The fraction of sp³-hybridized carbons (Fsp3) is 0.348. The molecule has 4 aromatic rings. The van der Waals surface area contributed by atoms with Crippen LogP contribution in [0.3, 0.4) is 0 Å². The van der Waals surface area contributed by atoms with Gasteiger partial charge >= 0.3 is 0 Å². The van der Waals surface area contributed by atoms with Gasteiger partial charge < -0.3 is 0 Å². The fourth-order valence-electron chi connectivity index (χ4n) is 3.98. The molecule has 0 spiro atoms. The van der Waals surface area contributed by atoms with Crippen LogP contribution in [0.5, 0.6) is 0 Å². The molecule has 0 N–H and O–H groups in total. The summed E-state index contributed by atoms with van der Waals surface area (Å²) in [5.74, 6) is 0.962. The average Bonchev–Trinajstić information content (AvgIpc) is 3.21. The summed E-state index contributed by atoms with van der Waals surface area (Å²) in [7, 11) is 0. The van der Waals surface area contributed by atoms with Crippen molar-refractivity contribution >= 4 is 16.3 Å². The Kier molecular flexibility index (Phi) is 5.37. The van der Waals surface area contributed by atoms with Gasteiger partial charge in [-0.25, -0.2) is 0 Å². The van der Waals surface area contributed by atoms with Gasteiger partial charge in [-0.05, 0) is 42.6 Å². The smallest absolute Gasteiger partial charge is 0.234 e. The van der Waals surface area contributed by atoms with Crippen molar-refractivity contribution in [2.24, 2.45) is 0 Å². The summed E-state index contributed by atoms with van der Waals surface area (Å²) in [6, 6.07) is 19.3. The second-order valence-electron chi connectivity index (χ2n) is 7.74. The topological polar surface area (TPSA) is 46.3 Å². The van der Waals surface area contributed by atoms with E-state index in [9.17, 15) is 0 Å². The zero-order valence-corrected chi connectivity index (χ0v) is 17.3. The molecule has 1 saturated heterocycles. The lowest BCUT2D eigenvalue weighted by Gasteiger charge is -2.17. The molecule has 0 bridgehead atoms. The van der Waals surface area contributed by atoms with Crippen molar-refractivity contribution in [2.45, 2.75) is 38.6 Å². The number of benzene rings is 2. The van der Waals surface area contributed by atoms with Crippen molar-refractivity contribution in [1.82, 2.24) is 24.7 Å². The average molecular weight is 404 g/mol. The molecule has 0 aliphatic carbocycles. The summed E-state index contributed by atoms with van der Waals surface area (Å²) in [5.41, 5.74) is 3.76. The van der Waals surface area contributed by atoms with Crippen LogP contribution in [-0.4, -0.2) is 37.8 Å². The second-order valence-corrected chi connectivity index (χ2v) is 8.78. The maximum Gasteiger partial charge on any atom is 0.234 e. The minimum absolute atomic E-state index is 0.826. The van der Waals surface area contributed by atoms with Crippen molar-refractivity contribution in [2.75, 3.05) is 13.1 Å².